The molecule has 2 atom stereocenters. The molecule has 0 spiro atoms. The Labute approximate surface area is 172 Å². The van der Waals surface area contributed by atoms with Gasteiger partial charge in [0.25, 0.3) is 0 Å². The summed E-state index contributed by atoms with van der Waals surface area (Å²) in [5.74, 6) is -0.948. The molecule has 2 unspecified atom stereocenters. The molecule has 0 saturated carbocycles. The summed E-state index contributed by atoms with van der Waals surface area (Å²) in [6, 6.07) is 12.9. The zero-order valence-electron chi connectivity index (χ0n) is 16.8. The fourth-order valence-electron chi connectivity index (χ4n) is 3.83. The van der Waals surface area contributed by atoms with Gasteiger partial charge in [-0.1, -0.05) is 48.4 Å². The lowest BCUT2D eigenvalue weighted by molar-refractivity contribution is -0.141. The number of rotatable bonds is 7. The van der Waals surface area contributed by atoms with E-state index in [1.54, 1.807) is 0 Å². The van der Waals surface area contributed by atoms with E-state index >= 15 is 0 Å². The van der Waals surface area contributed by atoms with Crippen molar-refractivity contribution in [3.05, 3.63) is 75.3 Å². The monoisotopic (exact) mass is 397 g/mol. The maximum Gasteiger partial charge on any atom is 0.307 e. The Balaban J connectivity index is 1.75. The highest BCUT2D eigenvalue weighted by Crippen LogP contribution is 2.31. The lowest BCUT2D eigenvalue weighted by Gasteiger charge is -2.21. The van der Waals surface area contributed by atoms with E-state index in [0.29, 0.717) is 12.8 Å². The van der Waals surface area contributed by atoms with Crippen LogP contribution in [0.4, 0.5) is 5.69 Å². The van der Waals surface area contributed by atoms with E-state index in [9.17, 15) is 9.90 Å². The van der Waals surface area contributed by atoms with Crippen molar-refractivity contribution < 1.29 is 9.90 Å². The molecule has 0 fully saturated rings. The number of halogens is 1. The maximum atomic E-state index is 11.2. The number of hydrogen-bond donors (Lipinski definition) is 2. The van der Waals surface area contributed by atoms with Crippen LogP contribution >= 0.6 is 11.6 Å². The highest BCUT2D eigenvalue weighted by Gasteiger charge is 2.23. The van der Waals surface area contributed by atoms with Gasteiger partial charge < -0.3 is 10.4 Å². The van der Waals surface area contributed by atoms with E-state index in [0.717, 1.165) is 29.1 Å². The van der Waals surface area contributed by atoms with Crippen molar-refractivity contribution in [3.8, 4) is 0 Å². The molecule has 0 bridgehead atoms. The van der Waals surface area contributed by atoms with Crippen molar-refractivity contribution >= 4 is 23.3 Å². The molecular weight excluding hydrogens is 370 g/mol. The van der Waals surface area contributed by atoms with Crippen molar-refractivity contribution in [1.29, 1.82) is 0 Å². The number of carbonyl (C=O) groups is 1. The van der Waals surface area contributed by atoms with E-state index in [4.69, 9.17) is 11.6 Å². The molecule has 1 aliphatic carbocycles. The quantitative estimate of drug-likeness (QED) is 0.525. The van der Waals surface area contributed by atoms with Gasteiger partial charge in [0.2, 0.25) is 0 Å². The van der Waals surface area contributed by atoms with E-state index in [1.165, 1.54) is 22.3 Å². The molecule has 3 nitrogen and oxygen atoms in total. The maximum absolute atomic E-state index is 11.2. The van der Waals surface area contributed by atoms with Gasteiger partial charge in [0.05, 0.1) is 12.0 Å². The largest absolute Gasteiger partial charge is 0.481 e. The topological polar surface area (TPSA) is 49.3 Å². The minimum atomic E-state index is -0.692. The van der Waals surface area contributed by atoms with Crippen molar-refractivity contribution in [1.82, 2.24) is 0 Å². The van der Waals surface area contributed by atoms with Gasteiger partial charge in [0.15, 0.2) is 0 Å². The molecule has 0 amide bonds. The Kier molecular flexibility index (Phi) is 6.46. The zero-order chi connectivity index (χ0) is 20.3. The summed E-state index contributed by atoms with van der Waals surface area (Å²) in [5, 5.41) is 13.7. The van der Waals surface area contributed by atoms with Gasteiger partial charge in [-0.05, 0) is 80.0 Å². The van der Waals surface area contributed by atoms with Crippen LogP contribution in [0.1, 0.15) is 54.5 Å². The summed E-state index contributed by atoms with van der Waals surface area (Å²) in [4.78, 5) is 11.2. The van der Waals surface area contributed by atoms with Crippen LogP contribution in [0, 0.1) is 19.8 Å². The Morgan fingerprint density at radius 2 is 2.00 bits per heavy atom. The standard InChI is InChI=1S/C24H28ClNO2/c1-4-23(18-8-10-22(25)16(3)11-18)26-21-9-5-15(2)20(14-21)13-17-6-7-19(12-17)24(27)28/h5-6,8-11,14,19,23,26H,4,7,12-13H2,1-3H3,(H,27,28). The highest BCUT2D eigenvalue weighted by atomic mass is 35.5. The molecule has 2 aromatic rings. The van der Waals surface area contributed by atoms with Crippen molar-refractivity contribution in [2.45, 2.75) is 52.5 Å². The van der Waals surface area contributed by atoms with Crippen LogP contribution in [0.3, 0.4) is 0 Å². The van der Waals surface area contributed by atoms with Crippen molar-refractivity contribution in [2.75, 3.05) is 5.32 Å². The number of nitrogens with one attached hydrogen (secondary N) is 1. The molecule has 28 heavy (non-hydrogen) atoms. The van der Waals surface area contributed by atoms with Gasteiger partial charge in [0, 0.05) is 10.7 Å². The summed E-state index contributed by atoms with van der Waals surface area (Å²) in [5.41, 5.74) is 7.13. The molecule has 0 aromatic heterocycles. The summed E-state index contributed by atoms with van der Waals surface area (Å²) < 4.78 is 0. The molecule has 0 aliphatic heterocycles. The van der Waals surface area contributed by atoms with Crippen LogP contribution in [0.25, 0.3) is 0 Å². The van der Waals surface area contributed by atoms with Crippen molar-refractivity contribution in [3.63, 3.8) is 0 Å². The summed E-state index contributed by atoms with van der Waals surface area (Å²) in [6.45, 7) is 6.32. The molecule has 2 aromatic carbocycles. The molecular formula is C24H28ClNO2. The molecule has 0 radical (unpaired) electrons. The average Bonchev–Trinajstić information content (AvgIpc) is 3.13. The second kappa shape index (κ2) is 8.83. The van der Waals surface area contributed by atoms with Gasteiger partial charge in [-0.2, -0.15) is 0 Å². The number of aliphatic carboxylic acids is 1. The van der Waals surface area contributed by atoms with E-state index < -0.39 is 5.97 Å². The molecule has 0 heterocycles. The molecule has 3 rings (SSSR count). The first-order valence-electron chi connectivity index (χ1n) is 9.90. The Morgan fingerprint density at radius 3 is 2.64 bits per heavy atom. The zero-order valence-corrected chi connectivity index (χ0v) is 17.5. The number of allylic oxidation sites excluding steroid dienone is 2. The molecule has 148 valence electrons. The third-order valence-corrected chi connectivity index (χ3v) is 6.07. The third kappa shape index (κ3) is 4.77. The minimum absolute atomic E-state index is 0.216. The van der Waals surface area contributed by atoms with Crippen LogP contribution in [-0.4, -0.2) is 11.1 Å². The van der Waals surface area contributed by atoms with Crippen molar-refractivity contribution in [2.24, 2.45) is 5.92 Å². The second-order valence-corrected chi connectivity index (χ2v) is 8.18. The van der Waals surface area contributed by atoms with Gasteiger partial charge in [-0.15, -0.1) is 0 Å². The first kappa shape index (κ1) is 20.5. The first-order valence-corrected chi connectivity index (χ1v) is 10.3. The third-order valence-electron chi connectivity index (χ3n) is 5.65. The number of anilines is 1. The number of carboxylic acids is 1. The van der Waals surface area contributed by atoms with Gasteiger partial charge in [-0.3, -0.25) is 4.79 Å². The van der Waals surface area contributed by atoms with Crippen LogP contribution < -0.4 is 5.32 Å². The first-order chi connectivity index (χ1) is 13.4. The van der Waals surface area contributed by atoms with Crippen LogP contribution in [-0.2, 0) is 11.2 Å². The summed E-state index contributed by atoms with van der Waals surface area (Å²) >= 11 is 6.18. The number of hydrogen-bond acceptors (Lipinski definition) is 2. The number of aryl methyl sites for hydroxylation is 2. The smallest absolute Gasteiger partial charge is 0.307 e. The fourth-order valence-corrected chi connectivity index (χ4v) is 3.95. The predicted octanol–water partition coefficient (Wildman–Crippen LogP) is 6.48. The van der Waals surface area contributed by atoms with Crippen LogP contribution in [0.15, 0.2) is 48.0 Å². The predicted molar refractivity (Wildman–Crippen MR) is 116 cm³/mol. The average molecular weight is 398 g/mol. The Hall–Kier alpha value is -2.26. The fraction of sp³-hybridized carbons (Fsp3) is 0.375. The van der Waals surface area contributed by atoms with Crippen LogP contribution in [0.2, 0.25) is 5.02 Å². The van der Waals surface area contributed by atoms with E-state index in [1.807, 2.05) is 13.0 Å². The minimum Gasteiger partial charge on any atom is -0.481 e. The number of carboxylic acid groups (broad SMARTS) is 1. The van der Waals surface area contributed by atoms with E-state index in [-0.39, 0.29) is 12.0 Å². The van der Waals surface area contributed by atoms with Gasteiger partial charge in [-0.25, -0.2) is 0 Å². The second-order valence-electron chi connectivity index (χ2n) is 7.77. The van der Waals surface area contributed by atoms with Crippen LogP contribution in [0.5, 0.6) is 0 Å². The molecule has 2 N–H and O–H groups in total. The lowest BCUT2D eigenvalue weighted by atomic mass is 9.97. The Bertz CT molecular complexity index is 903. The Morgan fingerprint density at radius 1 is 1.21 bits per heavy atom. The van der Waals surface area contributed by atoms with E-state index in [2.05, 4.69) is 55.6 Å². The molecule has 0 saturated heterocycles. The lowest BCUT2D eigenvalue weighted by Crippen LogP contribution is -2.11. The SMILES string of the molecule is CCC(Nc1ccc(C)c(CC2=CCC(C(=O)O)C2)c1)c1ccc(Cl)c(C)c1. The van der Waals surface area contributed by atoms with Gasteiger partial charge >= 0.3 is 5.97 Å². The molecule has 1 aliphatic rings. The normalized spacial score (nSPS) is 17.3. The highest BCUT2D eigenvalue weighted by molar-refractivity contribution is 6.31. The summed E-state index contributed by atoms with van der Waals surface area (Å²) in [7, 11) is 0. The molecule has 4 heteroatoms. The number of benzene rings is 2. The summed E-state index contributed by atoms with van der Waals surface area (Å²) in [6.07, 6.45) is 5.20. The van der Waals surface area contributed by atoms with Gasteiger partial charge in [0.1, 0.15) is 0 Å².